The first-order valence-corrected chi connectivity index (χ1v) is 6.94. The van der Waals surface area contributed by atoms with Crippen LogP contribution in [0.2, 0.25) is 0 Å². The van der Waals surface area contributed by atoms with E-state index in [0.717, 1.165) is 17.9 Å². The summed E-state index contributed by atoms with van der Waals surface area (Å²) in [5.74, 6) is 0.826. The third-order valence-electron chi connectivity index (χ3n) is 4.14. The van der Waals surface area contributed by atoms with Crippen LogP contribution < -0.4 is 5.73 Å². The first-order chi connectivity index (χ1) is 8.84. The minimum atomic E-state index is 0.154. The third kappa shape index (κ3) is 2.25. The molecule has 1 atom stereocenters. The molecule has 0 bridgehead atoms. The summed E-state index contributed by atoms with van der Waals surface area (Å²) in [5, 5.41) is 1.21. The van der Waals surface area contributed by atoms with Gasteiger partial charge in [0.05, 0.1) is 5.52 Å². The van der Waals surface area contributed by atoms with Crippen LogP contribution in [-0.2, 0) is 0 Å². The van der Waals surface area contributed by atoms with Crippen LogP contribution >= 0.6 is 0 Å². The van der Waals surface area contributed by atoms with Crippen molar-refractivity contribution in [1.82, 2.24) is 4.98 Å². The van der Waals surface area contributed by atoms with Gasteiger partial charge in [-0.3, -0.25) is 4.98 Å². The maximum absolute atomic E-state index is 6.41. The van der Waals surface area contributed by atoms with Crippen molar-refractivity contribution < 1.29 is 0 Å². The summed E-state index contributed by atoms with van der Waals surface area (Å²) in [7, 11) is 0. The molecule has 0 radical (unpaired) electrons. The van der Waals surface area contributed by atoms with Gasteiger partial charge in [0.2, 0.25) is 0 Å². The Morgan fingerprint density at radius 1 is 1.17 bits per heavy atom. The smallest absolute Gasteiger partial charge is 0.0705 e. The van der Waals surface area contributed by atoms with Crippen LogP contribution in [0.4, 0.5) is 0 Å². The Hall–Kier alpha value is -1.41. The maximum atomic E-state index is 6.41. The first kappa shape index (κ1) is 11.7. The molecular weight excluding hydrogens is 220 g/mol. The average molecular weight is 240 g/mol. The molecule has 0 aliphatic heterocycles. The molecular formula is C16H20N2. The van der Waals surface area contributed by atoms with E-state index in [4.69, 9.17) is 5.73 Å². The molecule has 0 amide bonds. The Kier molecular flexibility index (Phi) is 3.28. The van der Waals surface area contributed by atoms with Crippen molar-refractivity contribution in [3.05, 3.63) is 42.1 Å². The fraction of sp³-hybridized carbons (Fsp3) is 0.438. The van der Waals surface area contributed by atoms with Crippen molar-refractivity contribution in [3.63, 3.8) is 0 Å². The Labute approximate surface area is 108 Å². The quantitative estimate of drug-likeness (QED) is 0.886. The molecule has 2 N–H and O–H groups in total. The molecule has 1 fully saturated rings. The highest BCUT2D eigenvalue weighted by molar-refractivity contribution is 5.82. The molecule has 1 aliphatic rings. The van der Waals surface area contributed by atoms with Crippen LogP contribution in [-0.4, -0.2) is 4.98 Å². The van der Waals surface area contributed by atoms with E-state index in [9.17, 15) is 0 Å². The standard InChI is InChI=1S/C16H20N2/c17-15(11-12-5-1-2-6-12)13-7-3-9-16-14(13)8-4-10-18-16/h3-4,7-10,12,15H,1-2,5-6,11,17H2. The minimum absolute atomic E-state index is 0.154. The van der Waals surface area contributed by atoms with Gasteiger partial charge < -0.3 is 5.73 Å². The number of aromatic nitrogens is 1. The molecule has 2 aromatic rings. The third-order valence-corrected chi connectivity index (χ3v) is 4.14. The van der Waals surface area contributed by atoms with Gasteiger partial charge in [-0.05, 0) is 30.0 Å². The summed E-state index contributed by atoms with van der Waals surface area (Å²) < 4.78 is 0. The summed E-state index contributed by atoms with van der Waals surface area (Å²) >= 11 is 0. The van der Waals surface area contributed by atoms with E-state index in [2.05, 4.69) is 29.2 Å². The fourth-order valence-corrected chi connectivity index (χ4v) is 3.18. The highest BCUT2D eigenvalue weighted by atomic mass is 14.7. The van der Waals surface area contributed by atoms with Crippen LogP contribution in [0.1, 0.15) is 43.7 Å². The second kappa shape index (κ2) is 5.07. The van der Waals surface area contributed by atoms with Crippen LogP contribution in [0.25, 0.3) is 10.9 Å². The number of nitrogens with zero attached hydrogens (tertiary/aromatic N) is 1. The van der Waals surface area contributed by atoms with Crippen molar-refractivity contribution in [2.24, 2.45) is 11.7 Å². The zero-order chi connectivity index (χ0) is 12.4. The van der Waals surface area contributed by atoms with Crippen molar-refractivity contribution >= 4 is 10.9 Å². The van der Waals surface area contributed by atoms with E-state index < -0.39 is 0 Å². The summed E-state index contributed by atoms with van der Waals surface area (Å²) in [5.41, 5.74) is 8.72. The van der Waals surface area contributed by atoms with Crippen LogP contribution in [0.3, 0.4) is 0 Å². The summed E-state index contributed by atoms with van der Waals surface area (Å²) in [4.78, 5) is 4.40. The predicted molar refractivity (Wildman–Crippen MR) is 75.2 cm³/mol. The van der Waals surface area contributed by atoms with Gasteiger partial charge in [-0.1, -0.05) is 43.9 Å². The summed E-state index contributed by atoms with van der Waals surface area (Å²) in [6.45, 7) is 0. The number of pyridine rings is 1. The van der Waals surface area contributed by atoms with Crippen LogP contribution in [0.15, 0.2) is 36.5 Å². The number of rotatable bonds is 3. The van der Waals surface area contributed by atoms with Gasteiger partial charge in [0.15, 0.2) is 0 Å². The summed E-state index contributed by atoms with van der Waals surface area (Å²) in [6.07, 6.45) is 8.44. The molecule has 1 heterocycles. The number of fused-ring (bicyclic) bond motifs is 1. The van der Waals surface area contributed by atoms with Crippen molar-refractivity contribution in [3.8, 4) is 0 Å². The number of hydrogen-bond donors (Lipinski definition) is 1. The van der Waals surface area contributed by atoms with E-state index in [-0.39, 0.29) is 6.04 Å². The largest absolute Gasteiger partial charge is 0.324 e. The fourth-order valence-electron chi connectivity index (χ4n) is 3.18. The zero-order valence-electron chi connectivity index (χ0n) is 10.7. The topological polar surface area (TPSA) is 38.9 Å². The van der Waals surface area contributed by atoms with Gasteiger partial charge in [-0.25, -0.2) is 0 Å². The molecule has 1 aromatic heterocycles. The maximum Gasteiger partial charge on any atom is 0.0705 e. The van der Waals surface area contributed by atoms with E-state index in [1.165, 1.54) is 36.6 Å². The number of nitrogens with two attached hydrogens (primary N) is 1. The van der Waals surface area contributed by atoms with Crippen molar-refractivity contribution in [2.75, 3.05) is 0 Å². The molecule has 18 heavy (non-hydrogen) atoms. The van der Waals surface area contributed by atoms with Gasteiger partial charge >= 0.3 is 0 Å². The van der Waals surface area contributed by atoms with Crippen molar-refractivity contribution in [2.45, 2.75) is 38.1 Å². The number of hydrogen-bond acceptors (Lipinski definition) is 2. The molecule has 3 rings (SSSR count). The lowest BCUT2D eigenvalue weighted by Gasteiger charge is -2.18. The second-order valence-electron chi connectivity index (χ2n) is 5.41. The van der Waals surface area contributed by atoms with E-state index in [1.807, 2.05) is 12.3 Å². The molecule has 0 spiro atoms. The van der Waals surface area contributed by atoms with Crippen molar-refractivity contribution in [1.29, 1.82) is 0 Å². The Balaban J connectivity index is 1.88. The Morgan fingerprint density at radius 3 is 2.83 bits per heavy atom. The Morgan fingerprint density at radius 2 is 2.00 bits per heavy atom. The molecule has 2 heteroatoms. The molecule has 1 saturated carbocycles. The molecule has 1 aliphatic carbocycles. The van der Waals surface area contributed by atoms with Gasteiger partial charge in [-0.15, -0.1) is 0 Å². The lowest BCUT2D eigenvalue weighted by Crippen LogP contribution is -2.14. The molecule has 2 nitrogen and oxygen atoms in total. The first-order valence-electron chi connectivity index (χ1n) is 6.94. The lowest BCUT2D eigenvalue weighted by molar-refractivity contribution is 0.452. The predicted octanol–water partition coefficient (Wildman–Crippen LogP) is 3.81. The van der Waals surface area contributed by atoms with E-state index >= 15 is 0 Å². The highest BCUT2D eigenvalue weighted by Crippen LogP contribution is 2.33. The average Bonchev–Trinajstić information content (AvgIpc) is 2.91. The van der Waals surface area contributed by atoms with Gasteiger partial charge in [0.25, 0.3) is 0 Å². The zero-order valence-corrected chi connectivity index (χ0v) is 10.7. The normalized spacial score (nSPS) is 18.3. The van der Waals surface area contributed by atoms with Crippen LogP contribution in [0.5, 0.6) is 0 Å². The Bertz CT molecular complexity index is 524. The van der Waals surface area contributed by atoms with E-state index in [0.29, 0.717) is 0 Å². The SMILES string of the molecule is NC(CC1CCCC1)c1cccc2ncccc12. The minimum Gasteiger partial charge on any atom is -0.324 e. The molecule has 1 unspecified atom stereocenters. The molecule has 1 aromatic carbocycles. The highest BCUT2D eigenvalue weighted by Gasteiger charge is 2.19. The van der Waals surface area contributed by atoms with Crippen LogP contribution in [0, 0.1) is 5.92 Å². The lowest BCUT2D eigenvalue weighted by atomic mass is 9.92. The second-order valence-corrected chi connectivity index (χ2v) is 5.41. The van der Waals surface area contributed by atoms with E-state index in [1.54, 1.807) is 0 Å². The monoisotopic (exact) mass is 240 g/mol. The van der Waals surface area contributed by atoms with Gasteiger partial charge in [0.1, 0.15) is 0 Å². The van der Waals surface area contributed by atoms with Gasteiger partial charge in [-0.2, -0.15) is 0 Å². The molecule has 94 valence electrons. The number of benzene rings is 1. The van der Waals surface area contributed by atoms with Gasteiger partial charge in [0, 0.05) is 17.6 Å². The molecule has 0 saturated heterocycles. The summed E-state index contributed by atoms with van der Waals surface area (Å²) in [6, 6.07) is 10.6.